The number of halogens is 2. The van der Waals surface area contributed by atoms with Crippen LogP contribution in [0.25, 0.3) is 0 Å². The summed E-state index contributed by atoms with van der Waals surface area (Å²) in [6.07, 6.45) is 0. The zero-order valence-corrected chi connectivity index (χ0v) is 7.73. The zero-order chi connectivity index (χ0) is 9.40. The van der Waals surface area contributed by atoms with Crippen molar-refractivity contribution < 1.29 is 19.1 Å². The molecule has 0 saturated heterocycles. The monoisotopic (exact) mass is 214 g/mol. The number of alkyl halides is 2. The highest BCUT2D eigenvalue weighted by molar-refractivity contribution is 6.26. The van der Waals surface area contributed by atoms with Gasteiger partial charge in [0.1, 0.15) is 25.0 Å². The van der Waals surface area contributed by atoms with Gasteiger partial charge in [-0.15, -0.1) is 23.2 Å². The largest absolute Gasteiger partial charge is 0.461 e. The molecule has 0 saturated carbocycles. The van der Waals surface area contributed by atoms with Gasteiger partial charge in [0.2, 0.25) is 0 Å². The Balaban J connectivity index is 3.21. The number of carbonyl (C=O) groups excluding carboxylic acids is 2. The third-order valence-corrected chi connectivity index (χ3v) is 1.26. The van der Waals surface area contributed by atoms with E-state index >= 15 is 0 Å². The van der Waals surface area contributed by atoms with E-state index in [9.17, 15) is 9.59 Å². The summed E-state index contributed by atoms with van der Waals surface area (Å²) >= 11 is 10.2. The van der Waals surface area contributed by atoms with E-state index in [2.05, 4.69) is 9.47 Å². The van der Waals surface area contributed by atoms with Crippen LogP contribution < -0.4 is 0 Å². The standard InChI is InChI=1S/C6H8Cl2O4/c7-3-5(9)11-1-2-12-6(10)4-8/h1-4H2. The highest BCUT2D eigenvalue weighted by Crippen LogP contribution is 1.86. The highest BCUT2D eigenvalue weighted by Gasteiger charge is 2.01. The topological polar surface area (TPSA) is 52.6 Å². The quantitative estimate of drug-likeness (QED) is 0.381. The molecule has 0 bridgehead atoms. The Labute approximate surface area is 79.7 Å². The minimum Gasteiger partial charge on any atom is -0.461 e. The highest BCUT2D eigenvalue weighted by atomic mass is 35.5. The van der Waals surface area contributed by atoms with Crippen LogP contribution in [0.2, 0.25) is 0 Å². The molecule has 4 nitrogen and oxygen atoms in total. The van der Waals surface area contributed by atoms with E-state index in [0.717, 1.165) is 0 Å². The van der Waals surface area contributed by atoms with Crippen molar-refractivity contribution >= 4 is 35.1 Å². The van der Waals surface area contributed by atoms with E-state index in [0.29, 0.717) is 0 Å². The summed E-state index contributed by atoms with van der Waals surface area (Å²) in [4.78, 5) is 20.8. The van der Waals surface area contributed by atoms with Gasteiger partial charge in [0.15, 0.2) is 0 Å². The third-order valence-electron chi connectivity index (χ3n) is 0.828. The Morgan fingerprint density at radius 1 is 0.917 bits per heavy atom. The molecule has 0 spiro atoms. The van der Waals surface area contributed by atoms with Crippen LogP contribution in [0.1, 0.15) is 0 Å². The molecule has 0 aliphatic rings. The van der Waals surface area contributed by atoms with Gasteiger partial charge in [0.25, 0.3) is 0 Å². The van der Waals surface area contributed by atoms with E-state index in [4.69, 9.17) is 23.2 Å². The molecular formula is C6H8Cl2O4. The van der Waals surface area contributed by atoms with Crippen molar-refractivity contribution in [1.29, 1.82) is 0 Å². The fourth-order valence-corrected chi connectivity index (χ4v) is 0.542. The molecule has 0 aromatic carbocycles. The average Bonchev–Trinajstić information content (AvgIpc) is 2.11. The first-order valence-electron chi connectivity index (χ1n) is 3.14. The second kappa shape index (κ2) is 7.18. The molecule has 0 unspecified atom stereocenters. The summed E-state index contributed by atoms with van der Waals surface area (Å²) < 4.78 is 8.99. The Hall–Kier alpha value is -0.480. The van der Waals surface area contributed by atoms with E-state index in [1.165, 1.54) is 0 Å². The first-order valence-corrected chi connectivity index (χ1v) is 4.20. The molecular weight excluding hydrogens is 207 g/mol. The lowest BCUT2D eigenvalue weighted by Crippen LogP contribution is -2.14. The van der Waals surface area contributed by atoms with Gasteiger partial charge in [0.05, 0.1) is 0 Å². The molecule has 0 aromatic heterocycles. The van der Waals surface area contributed by atoms with E-state index < -0.39 is 11.9 Å². The summed E-state index contributed by atoms with van der Waals surface area (Å²) in [5, 5.41) is 0. The molecule has 0 amide bonds. The van der Waals surface area contributed by atoms with Crippen molar-refractivity contribution in [3.63, 3.8) is 0 Å². The van der Waals surface area contributed by atoms with Gasteiger partial charge >= 0.3 is 11.9 Å². The molecule has 0 atom stereocenters. The zero-order valence-electron chi connectivity index (χ0n) is 6.22. The Morgan fingerprint density at radius 3 is 1.50 bits per heavy atom. The fraction of sp³-hybridized carbons (Fsp3) is 0.667. The first-order chi connectivity index (χ1) is 5.70. The minimum atomic E-state index is -0.543. The van der Waals surface area contributed by atoms with Crippen molar-refractivity contribution in [2.45, 2.75) is 0 Å². The van der Waals surface area contributed by atoms with Crippen LogP contribution >= 0.6 is 23.2 Å². The number of ether oxygens (including phenoxy) is 2. The second-order valence-corrected chi connectivity index (χ2v) is 2.24. The van der Waals surface area contributed by atoms with Crippen molar-refractivity contribution in [3.8, 4) is 0 Å². The van der Waals surface area contributed by atoms with Gasteiger partial charge < -0.3 is 9.47 Å². The van der Waals surface area contributed by atoms with Gasteiger partial charge in [-0.3, -0.25) is 9.59 Å². The van der Waals surface area contributed by atoms with Crippen LogP contribution in [0.5, 0.6) is 0 Å². The minimum absolute atomic E-state index is 0.00812. The molecule has 0 radical (unpaired) electrons. The number of rotatable bonds is 5. The van der Waals surface area contributed by atoms with Crippen LogP contribution in [-0.4, -0.2) is 36.9 Å². The second-order valence-electron chi connectivity index (χ2n) is 1.71. The Bertz CT molecular complexity index is 142. The van der Waals surface area contributed by atoms with Gasteiger partial charge in [-0.25, -0.2) is 0 Å². The Kier molecular flexibility index (Phi) is 6.90. The van der Waals surface area contributed by atoms with Gasteiger partial charge in [-0.1, -0.05) is 0 Å². The molecule has 0 heterocycles. The van der Waals surface area contributed by atoms with Gasteiger partial charge in [-0.2, -0.15) is 0 Å². The predicted molar refractivity (Wildman–Crippen MR) is 43.4 cm³/mol. The maximum Gasteiger partial charge on any atom is 0.320 e. The smallest absolute Gasteiger partial charge is 0.320 e. The molecule has 0 aliphatic carbocycles. The molecule has 70 valence electrons. The normalized spacial score (nSPS) is 9.17. The summed E-state index contributed by atoms with van der Waals surface area (Å²) in [5.41, 5.74) is 0. The van der Waals surface area contributed by atoms with Crippen molar-refractivity contribution in [2.24, 2.45) is 0 Å². The predicted octanol–water partition coefficient (Wildman–Crippen LogP) is 0.550. The molecule has 0 rings (SSSR count). The van der Waals surface area contributed by atoms with Crippen LogP contribution in [-0.2, 0) is 19.1 Å². The number of hydrogen-bond donors (Lipinski definition) is 0. The van der Waals surface area contributed by atoms with E-state index in [1.807, 2.05) is 0 Å². The van der Waals surface area contributed by atoms with Crippen molar-refractivity contribution in [3.05, 3.63) is 0 Å². The maximum atomic E-state index is 10.4. The lowest BCUT2D eigenvalue weighted by molar-refractivity contribution is -0.149. The van der Waals surface area contributed by atoms with E-state index in [-0.39, 0.29) is 25.0 Å². The average molecular weight is 215 g/mol. The van der Waals surface area contributed by atoms with Crippen LogP contribution in [0, 0.1) is 0 Å². The summed E-state index contributed by atoms with van der Waals surface area (Å²) in [6.45, 7) is 0.0162. The third kappa shape index (κ3) is 6.24. The van der Waals surface area contributed by atoms with Crippen LogP contribution in [0.3, 0.4) is 0 Å². The summed E-state index contributed by atoms with van der Waals surface area (Å²) in [6, 6.07) is 0. The summed E-state index contributed by atoms with van der Waals surface area (Å²) in [5.74, 6) is -1.50. The maximum absolute atomic E-state index is 10.4. The molecule has 12 heavy (non-hydrogen) atoms. The SMILES string of the molecule is O=C(CCl)OCCOC(=O)CCl. The van der Waals surface area contributed by atoms with Crippen molar-refractivity contribution in [1.82, 2.24) is 0 Å². The van der Waals surface area contributed by atoms with Gasteiger partial charge in [0, 0.05) is 0 Å². The van der Waals surface area contributed by atoms with Crippen LogP contribution in [0.4, 0.5) is 0 Å². The molecule has 6 heteroatoms. The molecule has 0 N–H and O–H groups in total. The van der Waals surface area contributed by atoms with Crippen molar-refractivity contribution in [2.75, 3.05) is 25.0 Å². The number of hydrogen-bond acceptors (Lipinski definition) is 4. The Morgan fingerprint density at radius 2 is 1.25 bits per heavy atom. The summed E-state index contributed by atoms with van der Waals surface area (Å²) in [7, 11) is 0. The lowest BCUT2D eigenvalue weighted by Gasteiger charge is -2.02. The number of carbonyl (C=O) groups is 2. The molecule has 0 aliphatic heterocycles. The first kappa shape index (κ1) is 11.5. The van der Waals surface area contributed by atoms with Gasteiger partial charge in [-0.05, 0) is 0 Å². The lowest BCUT2D eigenvalue weighted by atomic mass is 10.7. The fourth-order valence-electron chi connectivity index (χ4n) is 0.388. The number of esters is 2. The molecule has 0 fully saturated rings. The van der Waals surface area contributed by atoms with Crippen LogP contribution in [0.15, 0.2) is 0 Å². The molecule has 0 aromatic rings. The van der Waals surface area contributed by atoms with E-state index in [1.54, 1.807) is 0 Å².